The van der Waals surface area contributed by atoms with Gasteiger partial charge in [-0.3, -0.25) is 4.79 Å². The fourth-order valence-electron chi connectivity index (χ4n) is 2.03. The van der Waals surface area contributed by atoms with Crippen LogP contribution < -0.4 is 5.32 Å². The number of carbonyl (C=O) groups is 1. The zero-order valence-corrected chi connectivity index (χ0v) is 10.7. The van der Waals surface area contributed by atoms with E-state index in [1.807, 2.05) is 0 Å². The van der Waals surface area contributed by atoms with Crippen LogP contribution in [0.1, 0.15) is 36.5 Å². The summed E-state index contributed by atoms with van der Waals surface area (Å²) in [6.07, 6.45) is 3.47. The van der Waals surface area contributed by atoms with Crippen molar-refractivity contribution in [3.05, 3.63) is 29.6 Å². The average Bonchev–Trinajstić information content (AvgIpc) is 2.26. The molecule has 0 saturated heterocycles. The monoisotopic (exact) mass is 253 g/mol. The summed E-state index contributed by atoms with van der Waals surface area (Å²) in [5.74, 6) is -0.856. The van der Waals surface area contributed by atoms with Gasteiger partial charge in [-0.15, -0.1) is 12.6 Å². The van der Waals surface area contributed by atoms with Gasteiger partial charge < -0.3 is 5.32 Å². The van der Waals surface area contributed by atoms with Crippen LogP contribution in [0.3, 0.4) is 0 Å². The van der Waals surface area contributed by atoms with Gasteiger partial charge in [-0.2, -0.15) is 0 Å². The van der Waals surface area contributed by atoms with E-state index < -0.39 is 5.82 Å². The maximum atomic E-state index is 13.4. The first-order chi connectivity index (χ1) is 8.00. The minimum absolute atomic E-state index is 0.0698. The summed E-state index contributed by atoms with van der Waals surface area (Å²) in [4.78, 5) is 12.4. The average molecular weight is 253 g/mol. The lowest BCUT2D eigenvalue weighted by atomic mass is 9.70. The molecular weight excluding hydrogens is 237 g/mol. The van der Waals surface area contributed by atoms with Crippen LogP contribution in [0, 0.1) is 11.2 Å². The Kier molecular flexibility index (Phi) is 3.43. The van der Waals surface area contributed by atoms with Crippen LogP contribution in [0.5, 0.6) is 0 Å². The first-order valence-electron chi connectivity index (χ1n) is 5.77. The molecule has 0 bridgehead atoms. The number of amides is 1. The summed E-state index contributed by atoms with van der Waals surface area (Å²) in [5, 5.41) is 2.80. The summed E-state index contributed by atoms with van der Waals surface area (Å²) in [5.41, 5.74) is 0.269. The molecule has 1 aromatic carbocycles. The first kappa shape index (κ1) is 12.4. The molecule has 0 atom stereocenters. The molecule has 0 spiro atoms. The molecule has 1 aromatic rings. The molecule has 0 unspecified atom stereocenters. The first-order valence-corrected chi connectivity index (χ1v) is 6.22. The number of nitrogens with one attached hydrogen (secondary N) is 1. The second-order valence-electron chi connectivity index (χ2n) is 5.01. The molecule has 1 saturated carbocycles. The van der Waals surface area contributed by atoms with Crippen molar-refractivity contribution in [1.82, 2.24) is 5.32 Å². The molecule has 92 valence electrons. The number of benzene rings is 1. The molecule has 1 amide bonds. The van der Waals surface area contributed by atoms with E-state index in [1.54, 1.807) is 0 Å². The third-order valence-corrected chi connectivity index (χ3v) is 3.71. The minimum atomic E-state index is -0.501. The molecule has 1 aliphatic rings. The summed E-state index contributed by atoms with van der Waals surface area (Å²) in [6.45, 7) is 2.75. The van der Waals surface area contributed by atoms with Crippen LogP contribution in [0.2, 0.25) is 0 Å². The molecule has 2 nitrogen and oxygen atoms in total. The van der Waals surface area contributed by atoms with E-state index >= 15 is 0 Å². The second kappa shape index (κ2) is 4.69. The SMILES string of the molecule is CC1(CNC(=O)c2cc(S)ccc2F)CCC1. The van der Waals surface area contributed by atoms with Gasteiger partial charge in [-0.1, -0.05) is 13.3 Å². The molecule has 1 N–H and O–H groups in total. The quantitative estimate of drug-likeness (QED) is 0.797. The normalized spacial score (nSPS) is 17.4. The summed E-state index contributed by atoms with van der Waals surface area (Å²) >= 11 is 4.10. The summed E-state index contributed by atoms with van der Waals surface area (Å²) in [6, 6.07) is 4.25. The van der Waals surface area contributed by atoms with Gasteiger partial charge in [0.05, 0.1) is 5.56 Å². The van der Waals surface area contributed by atoms with E-state index in [0.717, 1.165) is 12.8 Å². The number of halogens is 1. The van der Waals surface area contributed by atoms with Gasteiger partial charge in [0.15, 0.2) is 0 Å². The number of rotatable bonds is 3. The fraction of sp³-hybridized carbons (Fsp3) is 0.462. The van der Waals surface area contributed by atoms with E-state index in [2.05, 4.69) is 24.9 Å². The number of hydrogen-bond donors (Lipinski definition) is 2. The third-order valence-electron chi connectivity index (χ3n) is 3.43. The highest BCUT2D eigenvalue weighted by molar-refractivity contribution is 7.80. The highest BCUT2D eigenvalue weighted by atomic mass is 32.1. The van der Waals surface area contributed by atoms with Crippen molar-refractivity contribution in [2.45, 2.75) is 31.1 Å². The second-order valence-corrected chi connectivity index (χ2v) is 5.53. The molecule has 0 aliphatic heterocycles. The topological polar surface area (TPSA) is 29.1 Å². The maximum Gasteiger partial charge on any atom is 0.254 e. The van der Waals surface area contributed by atoms with E-state index in [9.17, 15) is 9.18 Å². The molecule has 0 aromatic heterocycles. The molecule has 2 rings (SSSR count). The van der Waals surface area contributed by atoms with E-state index in [1.165, 1.54) is 24.6 Å². The molecule has 1 aliphatic carbocycles. The van der Waals surface area contributed by atoms with Crippen LogP contribution in [-0.2, 0) is 0 Å². The van der Waals surface area contributed by atoms with Crippen molar-refractivity contribution in [1.29, 1.82) is 0 Å². The van der Waals surface area contributed by atoms with Crippen LogP contribution in [0.25, 0.3) is 0 Å². The largest absolute Gasteiger partial charge is 0.351 e. The maximum absolute atomic E-state index is 13.4. The van der Waals surface area contributed by atoms with Gasteiger partial charge in [0.25, 0.3) is 5.91 Å². The van der Waals surface area contributed by atoms with Gasteiger partial charge in [0, 0.05) is 11.4 Å². The minimum Gasteiger partial charge on any atom is -0.351 e. The lowest BCUT2D eigenvalue weighted by Gasteiger charge is -2.38. The lowest BCUT2D eigenvalue weighted by Crippen LogP contribution is -2.40. The Morgan fingerprint density at radius 1 is 1.53 bits per heavy atom. The highest BCUT2D eigenvalue weighted by Gasteiger charge is 2.32. The third kappa shape index (κ3) is 2.80. The fourth-order valence-corrected chi connectivity index (χ4v) is 2.24. The van der Waals surface area contributed by atoms with E-state index in [-0.39, 0.29) is 16.9 Å². The number of thiol groups is 1. The molecule has 17 heavy (non-hydrogen) atoms. The van der Waals surface area contributed by atoms with Gasteiger partial charge >= 0.3 is 0 Å². The van der Waals surface area contributed by atoms with Crippen LogP contribution in [0.15, 0.2) is 23.1 Å². The smallest absolute Gasteiger partial charge is 0.254 e. The molecule has 1 fully saturated rings. The number of carbonyl (C=O) groups excluding carboxylic acids is 1. The standard InChI is InChI=1S/C13H16FNOS/c1-13(5-2-6-13)8-15-12(16)10-7-9(17)3-4-11(10)14/h3-4,7,17H,2,5-6,8H2,1H3,(H,15,16). The van der Waals surface area contributed by atoms with E-state index in [0.29, 0.717) is 11.4 Å². The predicted molar refractivity (Wildman–Crippen MR) is 67.9 cm³/mol. The predicted octanol–water partition coefficient (Wildman–Crippen LogP) is 3.03. The van der Waals surface area contributed by atoms with Crippen molar-refractivity contribution >= 4 is 18.5 Å². The van der Waals surface area contributed by atoms with Crippen molar-refractivity contribution in [3.8, 4) is 0 Å². The van der Waals surface area contributed by atoms with Crippen LogP contribution in [-0.4, -0.2) is 12.5 Å². The summed E-state index contributed by atoms with van der Waals surface area (Å²) < 4.78 is 13.4. The van der Waals surface area contributed by atoms with Gasteiger partial charge in [-0.25, -0.2) is 4.39 Å². The number of hydrogen-bond acceptors (Lipinski definition) is 2. The van der Waals surface area contributed by atoms with Crippen molar-refractivity contribution in [3.63, 3.8) is 0 Å². The molecule has 0 radical (unpaired) electrons. The Labute approximate surface area is 106 Å². The van der Waals surface area contributed by atoms with Gasteiger partial charge in [0.1, 0.15) is 5.82 Å². The Morgan fingerprint density at radius 2 is 2.24 bits per heavy atom. The zero-order valence-electron chi connectivity index (χ0n) is 9.79. The molecule has 0 heterocycles. The highest BCUT2D eigenvalue weighted by Crippen LogP contribution is 2.39. The van der Waals surface area contributed by atoms with Crippen molar-refractivity contribution in [2.75, 3.05) is 6.54 Å². The van der Waals surface area contributed by atoms with E-state index in [4.69, 9.17) is 0 Å². The van der Waals surface area contributed by atoms with Crippen molar-refractivity contribution < 1.29 is 9.18 Å². The molecule has 4 heteroatoms. The Morgan fingerprint density at radius 3 is 2.82 bits per heavy atom. The Balaban J connectivity index is 2.01. The zero-order chi connectivity index (χ0) is 12.5. The lowest BCUT2D eigenvalue weighted by molar-refractivity contribution is 0.0886. The van der Waals surface area contributed by atoms with Gasteiger partial charge in [0.2, 0.25) is 0 Å². The van der Waals surface area contributed by atoms with Gasteiger partial charge in [-0.05, 0) is 36.5 Å². The van der Waals surface area contributed by atoms with Crippen LogP contribution >= 0.6 is 12.6 Å². The molecular formula is C13H16FNOS. The van der Waals surface area contributed by atoms with Crippen molar-refractivity contribution in [2.24, 2.45) is 5.41 Å². The Hall–Kier alpha value is -1.03. The van der Waals surface area contributed by atoms with Crippen LogP contribution in [0.4, 0.5) is 4.39 Å². The Bertz CT molecular complexity index is 443. The summed E-state index contributed by atoms with van der Waals surface area (Å²) in [7, 11) is 0.